The predicted octanol–water partition coefficient (Wildman–Crippen LogP) is 5.43. The van der Waals surface area contributed by atoms with E-state index in [9.17, 15) is 27.6 Å². The summed E-state index contributed by atoms with van der Waals surface area (Å²) in [5, 5.41) is 0. The normalized spacial score (nSPS) is 27.6. The van der Waals surface area contributed by atoms with Gasteiger partial charge in [-0.3, -0.25) is 19.3 Å². The maximum absolute atomic E-state index is 14.1. The first-order valence-electron chi connectivity index (χ1n) is 15.9. The summed E-state index contributed by atoms with van der Waals surface area (Å²) >= 11 is 0. The zero-order valence-electron chi connectivity index (χ0n) is 27.1. The Morgan fingerprint density at radius 1 is 1.13 bits per heavy atom. The number of benzene rings is 2. The van der Waals surface area contributed by atoms with E-state index in [2.05, 4.69) is 9.64 Å². The zero-order valence-corrected chi connectivity index (χ0v) is 27.1. The van der Waals surface area contributed by atoms with E-state index in [-0.39, 0.29) is 29.4 Å². The Morgan fingerprint density at radius 2 is 1.89 bits per heavy atom. The lowest BCUT2D eigenvalue weighted by Crippen LogP contribution is -2.79. The Morgan fingerprint density at radius 3 is 2.57 bits per heavy atom. The fourth-order valence-corrected chi connectivity index (χ4v) is 8.56. The summed E-state index contributed by atoms with van der Waals surface area (Å²) in [4.78, 5) is 43.1. The van der Waals surface area contributed by atoms with Crippen LogP contribution in [0.4, 0.5) is 13.2 Å². The summed E-state index contributed by atoms with van der Waals surface area (Å²) < 4.78 is 61.4. The van der Waals surface area contributed by atoms with Crippen LogP contribution in [-0.2, 0) is 31.0 Å². The molecule has 2 heterocycles. The quantitative estimate of drug-likeness (QED) is 0.211. The molecule has 1 spiro atoms. The lowest BCUT2D eigenvalue weighted by molar-refractivity contribution is -0.274. The zero-order chi connectivity index (χ0) is 33.9. The first-order chi connectivity index (χ1) is 22.1. The number of esters is 2. The Hall–Kier alpha value is -4.06. The van der Waals surface area contributed by atoms with Crippen molar-refractivity contribution in [2.24, 2.45) is 5.92 Å². The molecule has 2 fully saturated rings. The Bertz CT molecular complexity index is 1620. The van der Waals surface area contributed by atoms with Crippen LogP contribution >= 0.6 is 0 Å². The smallest absolute Gasteiger partial charge is 0.483 e. The van der Waals surface area contributed by atoms with Crippen molar-refractivity contribution in [3.63, 3.8) is 0 Å². The molecule has 0 aromatic heterocycles. The second-order valence-corrected chi connectivity index (χ2v) is 13.4. The van der Waals surface area contributed by atoms with Gasteiger partial charge in [0.2, 0.25) is 5.91 Å². The van der Waals surface area contributed by atoms with E-state index in [4.69, 9.17) is 14.2 Å². The molecule has 2 bridgehead atoms. The highest BCUT2D eigenvalue weighted by Crippen LogP contribution is 2.67. The molecule has 1 saturated heterocycles. The number of amides is 1. The molecular formula is C35H39F3N2O7. The molecule has 5 atom stereocenters. The monoisotopic (exact) mass is 656 g/mol. The Kier molecular flexibility index (Phi) is 8.30. The van der Waals surface area contributed by atoms with Crippen molar-refractivity contribution in [2.45, 2.75) is 88.9 Å². The van der Waals surface area contributed by atoms with Crippen LogP contribution in [0.15, 0.2) is 42.5 Å². The molecule has 2 aliphatic heterocycles. The lowest BCUT2D eigenvalue weighted by Gasteiger charge is -2.65. The second-order valence-electron chi connectivity index (χ2n) is 13.4. The molecule has 9 nitrogen and oxygen atoms in total. The summed E-state index contributed by atoms with van der Waals surface area (Å²) in [5.41, 5.74) is 0.514. The second kappa shape index (κ2) is 11.9. The van der Waals surface area contributed by atoms with Crippen molar-refractivity contribution in [3.8, 4) is 17.2 Å². The number of carbonyl (C=O) groups excluding carboxylic acids is 3. The molecular weight excluding hydrogens is 617 g/mol. The van der Waals surface area contributed by atoms with Gasteiger partial charge in [-0.2, -0.15) is 0 Å². The van der Waals surface area contributed by atoms with Crippen LogP contribution in [0.1, 0.15) is 63.6 Å². The van der Waals surface area contributed by atoms with E-state index in [0.29, 0.717) is 50.1 Å². The van der Waals surface area contributed by atoms with E-state index in [0.717, 1.165) is 11.1 Å². The van der Waals surface area contributed by atoms with Crippen LogP contribution in [0.2, 0.25) is 0 Å². The van der Waals surface area contributed by atoms with E-state index in [1.807, 2.05) is 27.0 Å². The summed E-state index contributed by atoms with van der Waals surface area (Å²) in [5.74, 6) is -0.805. The van der Waals surface area contributed by atoms with Crippen LogP contribution in [0.5, 0.6) is 17.2 Å². The molecule has 1 saturated carbocycles. The molecule has 2 aromatic carbocycles. The number of halogens is 3. The number of ether oxygens (including phenoxy) is 4. The van der Waals surface area contributed by atoms with Gasteiger partial charge in [0.1, 0.15) is 17.5 Å². The van der Waals surface area contributed by atoms with Crippen molar-refractivity contribution in [2.75, 3.05) is 20.1 Å². The van der Waals surface area contributed by atoms with Crippen molar-refractivity contribution >= 4 is 23.9 Å². The minimum absolute atomic E-state index is 0.0704. The first kappa shape index (κ1) is 32.9. The van der Waals surface area contributed by atoms with Gasteiger partial charge in [-0.15, -0.1) is 13.2 Å². The average molecular weight is 657 g/mol. The highest BCUT2D eigenvalue weighted by molar-refractivity contribution is 5.92. The summed E-state index contributed by atoms with van der Waals surface area (Å²) in [6, 6.07) is 8.53. The first-order valence-corrected chi connectivity index (χ1v) is 15.9. The Balaban J connectivity index is 1.43. The highest BCUT2D eigenvalue weighted by Gasteiger charge is 2.75. The van der Waals surface area contributed by atoms with Crippen molar-refractivity contribution in [3.05, 3.63) is 59.2 Å². The summed E-state index contributed by atoms with van der Waals surface area (Å²) in [6.07, 6.45) is -0.492. The van der Waals surface area contributed by atoms with E-state index >= 15 is 0 Å². The van der Waals surface area contributed by atoms with Gasteiger partial charge in [0.05, 0.1) is 17.5 Å². The number of hydrogen-bond donors (Lipinski definition) is 0. The molecule has 2 aromatic rings. The van der Waals surface area contributed by atoms with Crippen molar-refractivity contribution < 1.29 is 46.5 Å². The highest BCUT2D eigenvalue weighted by atomic mass is 19.4. The lowest BCUT2D eigenvalue weighted by atomic mass is 9.48. The minimum atomic E-state index is -4.84. The fourth-order valence-electron chi connectivity index (χ4n) is 8.56. The van der Waals surface area contributed by atoms with Gasteiger partial charge in [0, 0.05) is 32.0 Å². The van der Waals surface area contributed by atoms with Crippen molar-refractivity contribution in [1.29, 1.82) is 0 Å². The largest absolute Gasteiger partial charge is 0.573 e. The minimum Gasteiger partial charge on any atom is -0.483 e. The molecule has 47 heavy (non-hydrogen) atoms. The molecule has 0 N–H and O–H groups in total. The van der Waals surface area contributed by atoms with Gasteiger partial charge in [-0.1, -0.05) is 32.0 Å². The number of likely N-dealkylation sites (N-methyl/N-ethyl adjacent to an activating group) is 1. The fraction of sp³-hybridized carbons (Fsp3) is 0.514. The summed E-state index contributed by atoms with van der Waals surface area (Å²) in [6.45, 7) is 7.82. The third kappa shape index (κ3) is 5.64. The summed E-state index contributed by atoms with van der Waals surface area (Å²) in [7, 11) is 2.03. The number of rotatable bonds is 8. The van der Waals surface area contributed by atoms with Gasteiger partial charge in [0.15, 0.2) is 11.5 Å². The van der Waals surface area contributed by atoms with E-state index in [1.165, 1.54) is 44.2 Å². The van der Waals surface area contributed by atoms with Crippen LogP contribution in [0.3, 0.4) is 0 Å². The molecule has 6 rings (SSSR count). The van der Waals surface area contributed by atoms with Crippen LogP contribution in [0, 0.1) is 5.92 Å². The van der Waals surface area contributed by atoms with Gasteiger partial charge in [-0.05, 0) is 80.6 Å². The third-order valence-corrected chi connectivity index (χ3v) is 9.98. The molecule has 12 heteroatoms. The third-order valence-electron chi connectivity index (χ3n) is 9.98. The molecule has 0 unspecified atom stereocenters. The molecule has 4 aliphatic rings. The van der Waals surface area contributed by atoms with Crippen molar-refractivity contribution in [1.82, 2.24) is 9.80 Å². The molecule has 1 amide bonds. The standard InChI is InChI=1S/C35H39F3N2O7/c1-20(2)19-40(29(43)12-9-23-7-6-8-25(17-23)47-35(36,37)38)26-13-14-34(46-22(4)42)28-18-24-10-11-27(44-21(3)41)31-30(24)33(34,32(26)45-31)15-16-39(28)5/h6-12,17,20,26,28,32H,13-16,18-19H2,1-5H3/t26-,28+,32-,33-,34+/m0/s1. The number of piperidine rings is 1. The average Bonchev–Trinajstić information content (AvgIpc) is 3.32. The van der Waals surface area contributed by atoms with Gasteiger partial charge >= 0.3 is 18.3 Å². The van der Waals surface area contributed by atoms with E-state index in [1.54, 1.807) is 17.0 Å². The van der Waals surface area contributed by atoms with Gasteiger partial charge < -0.3 is 23.8 Å². The number of hydrogen-bond acceptors (Lipinski definition) is 8. The molecule has 252 valence electrons. The van der Waals surface area contributed by atoms with Gasteiger partial charge in [-0.25, -0.2) is 0 Å². The number of carbonyl (C=O) groups is 3. The Labute approximate surface area is 271 Å². The number of nitrogens with zero attached hydrogens (tertiary/aromatic N) is 2. The van der Waals surface area contributed by atoms with E-state index < -0.39 is 41.5 Å². The number of likely N-dealkylation sites (tertiary alicyclic amines) is 1. The number of alkyl halides is 3. The van der Waals surface area contributed by atoms with Gasteiger partial charge in [0.25, 0.3) is 0 Å². The molecule has 2 aliphatic carbocycles. The maximum atomic E-state index is 14.1. The van der Waals surface area contributed by atoms with Crippen LogP contribution in [0.25, 0.3) is 6.08 Å². The van der Waals surface area contributed by atoms with Crippen LogP contribution in [-0.4, -0.2) is 77.9 Å². The maximum Gasteiger partial charge on any atom is 0.573 e. The molecule has 0 radical (unpaired) electrons. The van der Waals surface area contributed by atoms with Crippen LogP contribution < -0.4 is 14.2 Å². The predicted molar refractivity (Wildman–Crippen MR) is 165 cm³/mol. The SMILES string of the molecule is CC(=O)Oc1ccc2c3c1O[C@H]1[C@@H](N(CC(C)C)C(=O)C=Cc4cccc(OC(F)(F)F)c4)CC[C@@]4(OC(C)=O)[C@@H](C2)N(C)CC[C@]314. The topological polar surface area (TPSA) is 94.6 Å².